The summed E-state index contributed by atoms with van der Waals surface area (Å²) in [4.78, 5) is 46.9. The number of nitrogens with one attached hydrogen (secondary N) is 1. The van der Waals surface area contributed by atoms with E-state index in [0.29, 0.717) is 0 Å². The SMILES string of the molecule is COC(=O)c1cc(NC(=O)c2ccn(C(C)C(=O)O)n2)cc(C(=O)OC)c1. The lowest BCUT2D eigenvalue weighted by atomic mass is 10.1. The summed E-state index contributed by atoms with van der Waals surface area (Å²) in [6, 6.07) is 4.33. The molecule has 2 N–H and O–H groups in total. The Labute approximate surface area is 153 Å². The van der Waals surface area contributed by atoms with Crippen molar-refractivity contribution in [2.45, 2.75) is 13.0 Å². The highest BCUT2D eigenvalue weighted by Crippen LogP contribution is 2.18. The van der Waals surface area contributed by atoms with E-state index < -0.39 is 29.9 Å². The summed E-state index contributed by atoms with van der Waals surface area (Å²) < 4.78 is 10.4. The number of hydrogen-bond donors (Lipinski definition) is 2. The van der Waals surface area contributed by atoms with Gasteiger partial charge in [-0.2, -0.15) is 5.10 Å². The fraction of sp³-hybridized carbons (Fsp3) is 0.235. The molecular weight excluding hydrogens is 358 g/mol. The first-order valence-electron chi connectivity index (χ1n) is 7.67. The van der Waals surface area contributed by atoms with Crippen LogP contribution in [0.5, 0.6) is 0 Å². The number of aliphatic carboxylic acids is 1. The van der Waals surface area contributed by atoms with E-state index in [4.69, 9.17) is 5.11 Å². The zero-order chi connectivity index (χ0) is 20.1. The fourth-order valence-electron chi connectivity index (χ4n) is 2.15. The molecule has 1 amide bonds. The van der Waals surface area contributed by atoms with Crippen LogP contribution in [0.15, 0.2) is 30.5 Å². The Balaban J connectivity index is 2.30. The number of ether oxygens (including phenoxy) is 2. The highest BCUT2D eigenvalue weighted by atomic mass is 16.5. The summed E-state index contributed by atoms with van der Waals surface area (Å²) in [6.45, 7) is 1.42. The fourth-order valence-corrected chi connectivity index (χ4v) is 2.15. The number of hydrogen-bond acceptors (Lipinski definition) is 7. The second kappa shape index (κ2) is 8.13. The number of carbonyl (C=O) groups is 4. The molecule has 0 saturated heterocycles. The number of benzene rings is 1. The van der Waals surface area contributed by atoms with E-state index in [9.17, 15) is 19.2 Å². The number of carbonyl (C=O) groups excluding carboxylic acids is 3. The minimum Gasteiger partial charge on any atom is -0.480 e. The van der Waals surface area contributed by atoms with Gasteiger partial charge in [-0.3, -0.25) is 9.48 Å². The van der Waals surface area contributed by atoms with Gasteiger partial charge in [0.2, 0.25) is 0 Å². The van der Waals surface area contributed by atoms with Crippen LogP contribution in [0.2, 0.25) is 0 Å². The Morgan fingerprint density at radius 1 is 1.07 bits per heavy atom. The van der Waals surface area contributed by atoms with Gasteiger partial charge in [-0.25, -0.2) is 14.4 Å². The lowest BCUT2D eigenvalue weighted by Crippen LogP contribution is -2.18. The van der Waals surface area contributed by atoms with E-state index in [0.717, 1.165) is 4.68 Å². The first kappa shape index (κ1) is 19.6. The number of rotatable bonds is 6. The zero-order valence-electron chi connectivity index (χ0n) is 14.8. The molecule has 10 heteroatoms. The Morgan fingerprint density at radius 2 is 1.63 bits per heavy atom. The van der Waals surface area contributed by atoms with Crippen molar-refractivity contribution in [3.05, 3.63) is 47.3 Å². The van der Waals surface area contributed by atoms with E-state index in [1.54, 1.807) is 0 Å². The van der Waals surface area contributed by atoms with Crippen LogP contribution in [0.3, 0.4) is 0 Å². The first-order valence-corrected chi connectivity index (χ1v) is 7.67. The maximum absolute atomic E-state index is 12.4. The van der Waals surface area contributed by atoms with Crippen LogP contribution in [-0.2, 0) is 14.3 Å². The van der Waals surface area contributed by atoms with Crippen LogP contribution in [-0.4, -0.2) is 52.9 Å². The van der Waals surface area contributed by atoms with E-state index in [1.807, 2.05) is 0 Å². The van der Waals surface area contributed by atoms with Gasteiger partial charge in [0.15, 0.2) is 5.69 Å². The third kappa shape index (κ3) is 4.48. The predicted molar refractivity (Wildman–Crippen MR) is 91.6 cm³/mol. The molecule has 0 saturated carbocycles. The maximum atomic E-state index is 12.4. The minimum absolute atomic E-state index is 0.0359. The molecule has 1 aromatic carbocycles. The molecule has 0 fully saturated rings. The van der Waals surface area contributed by atoms with Crippen molar-refractivity contribution < 1.29 is 33.8 Å². The zero-order valence-corrected chi connectivity index (χ0v) is 14.8. The van der Waals surface area contributed by atoms with E-state index in [-0.39, 0.29) is 22.5 Å². The van der Waals surface area contributed by atoms with Crippen molar-refractivity contribution in [2.24, 2.45) is 0 Å². The highest BCUT2D eigenvalue weighted by molar-refractivity contribution is 6.05. The third-order valence-corrected chi connectivity index (χ3v) is 3.63. The molecule has 1 heterocycles. The van der Waals surface area contributed by atoms with Crippen LogP contribution in [0, 0.1) is 0 Å². The molecule has 1 unspecified atom stereocenters. The number of anilines is 1. The molecule has 0 spiro atoms. The molecule has 142 valence electrons. The summed E-state index contributed by atoms with van der Waals surface area (Å²) in [5, 5.41) is 15.4. The molecule has 0 aliphatic carbocycles. The maximum Gasteiger partial charge on any atom is 0.337 e. The Morgan fingerprint density at radius 3 is 2.11 bits per heavy atom. The lowest BCUT2D eigenvalue weighted by molar-refractivity contribution is -0.140. The number of nitrogens with zero attached hydrogens (tertiary/aromatic N) is 2. The van der Waals surface area contributed by atoms with Crippen LogP contribution in [0.4, 0.5) is 5.69 Å². The number of carboxylic acid groups (broad SMARTS) is 1. The first-order chi connectivity index (χ1) is 12.8. The van der Waals surface area contributed by atoms with E-state index in [2.05, 4.69) is 19.9 Å². The van der Waals surface area contributed by atoms with Crippen molar-refractivity contribution in [2.75, 3.05) is 19.5 Å². The molecule has 27 heavy (non-hydrogen) atoms. The molecule has 2 rings (SSSR count). The van der Waals surface area contributed by atoms with Crippen molar-refractivity contribution >= 4 is 29.5 Å². The van der Waals surface area contributed by atoms with Gasteiger partial charge in [0, 0.05) is 11.9 Å². The van der Waals surface area contributed by atoms with Gasteiger partial charge >= 0.3 is 17.9 Å². The molecule has 0 bridgehead atoms. The predicted octanol–water partition coefficient (Wildman–Crippen LogP) is 1.35. The van der Waals surface area contributed by atoms with Gasteiger partial charge in [0.25, 0.3) is 5.91 Å². The van der Waals surface area contributed by atoms with Gasteiger partial charge in [0.1, 0.15) is 6.04 Å². The normalized spacial score (nSPS) is 11.4. The molecule has 0 aliphatic heterocycles. The minimum atomic E-state index is -1.10. The molecule has 1 atom stereocenters. The van der Waals surface area contributed by atoms with E-state index in [1.165, 1.54) is 51.6 Å². The number of methoxy groups -OCH3 is 2. The average molecular weight is 375 g/mol. The van der Waals surface area contributed by atoms with Gasteiger partial charge < -0.3 is 19.9 Å². The summed E-state index contributed by atoms with van der Waals surface area (Å²) >= 11 is 0. The molecule has 0 aliphatic rings. The Bertz CT molecular complexity index is 869. The molecule has 1 aromatic heterocycles. The Hall–Kier alpha value is -3.69. The van der Waals surface area contributed by atoms with Crippen molar-refractivity contribution in [3.8, 4) is 0 Å². The quantitative estimate of drug-likeness (QED) is 0.722. The lowest BCUT2D eigenvalue weighted by Gasteiger charge is -2.09. The summed E-state index contributed by atoms with van der Waals surface area (Å²) in [5.74, 6) is -3.14. The largest absolute Gasteiger partial charge is 0.480 e. The van der Waals surface area contributed by atoms with Gasteiger partial charge in [-0.1, -0.05) is 0 Å². The standard InChI is InChI=1S/C17H17N3O7/c1-9(15(22)23)20-5-4-13(19-20)14(21)18-12-7-10(16(24)26-2)6-11(8-12)17(25)27-3/h4-9H,1-3H3,(H,18,21)(H,22,23). The average Bonchev–Trinajstić information content (AvgIpc) is 3.15. The molecule has 0 radical (unpaired) electrons. The second-order valence-electron chi connectivity index (χ2n) is 5.43. The number of carboxylic acids is 1. The highest BCUT2D eigenvalue weighted by Gasteiger charge is 2.19. The van der Waals surface area contributed by atoms with Crippen LogP contribution >= 0.6 is 0 Å². The molecular formula is C17H17N3O7. The third-order valence-electron chi connectivity index (χ3n) is 3.63. The summed E-state index contributed by atoms with van der Waals surface area (Å²) in [5.41, 5.74) is 0.191. The van der Waals surface area contributed by atoms with Gasteiger partial charge in [-0.15, -0.1) is 0 Å². The molecule has 10 nitrogen and oxygen atoms in total. The topological polar surface area (TPSA) is 137 Å². The monoisotopic (exact) mass is 375 g/mol. The van der Waals surface area contributed by atoms with Gasteiger partial charge in [-0.05, 0) is 31.2 Å². The van der Waals surface area contributed by atoms with Crippen molar-refractivity contribution in [3.63, 3.8) is 0 Å². The smallest absolute Gasteiger partial charge is 0.337 e. The van der Waals surface area contributed by atoms with Crippen LogP contribution < -0.4 is 5.32 Å². The van der Waals surface area contributed by atoms with Crippen LogP contribution in [0.1, 0.15) is 44.2 Å². The summed E-state index contributed by atoms with van der Waals surface area (Å²) in [6.07, 6.45) is 1.36. The van der Waals surface area contributed by atoms with Gasteiger partial charge in [0.05, 0.1) is 25.3 Å². The van der Waals surface area contributed by atoms with Crippen molar-refractivity contribution in [1.29, 1.82) is 0 Å². The molecule has 2 aromatic rings. The van der Waals surface area contributed by atoms with E-state index >= 15 is 0 Å². The number of aromatic nitrogens is 2. The van der Waals surface area contributed by atoms with Crippen molar-refractivity contribution in [1.82, 2.24) is 9.78 Å². The number of amides is 1. The second-order valence-corrected chi connectivity index (χ2v) is 5.43. The van der Waals surface area contributed by atoms with Crippen LogP contribution in [0.25, 0.3) is 0 Å². The number of esters is 2. The summed E-state index contributed by atoms with van der Waals surface area (Å²) in [7, 11) is 2.36. The Kier molecular flexibility index (Phi) is 5.91.